The molecule has 27 heavy (non-hydrogen) atoms. The normalized spacial score (nSPS) is 18.8. The van der Waals surface area contributed by atoms with Crippen molar-refractivity contribution in [3.63, 3.8) is 0 Å². The molecule has 1 aliphatic rings. The molecule has 1 amide bonds. The van der Waals surface area contributed by atoms with Gasteiger partial charge in [0.05, 0.1) is 6.04 Å². The van der Waals surface area contributed by atoms with E-state index < -0.39 is 6.10 Å². The molecule has 0 aliphatic carbocycles. The molecule has 2 atom stereocenters. The van der Waals surface area contributed by atoms with Crippen molar-refractivity contribution in [2.75, 3.05) is 0 Å². The van der Waals surface area contributed by atoms with Crippen LogP contribution < -0.4 is 14.8 Å². The van der Waals surface area contributed by atoms with Crippen molar-refractivity contribution >= 4 is 5.91 Å². The van der Waals surface area contributed by atoms with E-state index in [-0.39, 0.29) is 17.6 Å². The molecule has 4 nitrogen and oxygen atoms in total. The molecule has 0 spiro atoms. The minimum Gasteiger partial charge on any atom is -0.487 e. The third-order valence-electron chi connectivity index (χ3n) is 4.97. The number of rotatable bonds is 5. The van der Waals surface area contributed by atoms with Gasteiger partial charge in [-0.25, -0.2) is 0 Å². The van der Waals surface area contributed by atoms with Crippen molar-refractivity contribution in [3.8, 4) is 11.5 Å². The topological polar surface area (TPSA) is 47.6 Å². The van der Waals surface area contributed by atoms with Gasteiger partial charge in [-0.1, -0.05) is 37.3 Å². The number of para-hydroxylation sites is 1. The fourth-order valence-corrected chi connectivity index (χ4v) is 3.52. The lowest BCUT2D eigenvalue weighted by molar-refractivity contribution is -0.129. The SMILES string of the molecule is CCC(Oc1ccccc1C)C(=O)NC1CC(C)(C)Oc2cc(C)ccc21. The van der Waals surface area contributed by atoms with E-state index in [1.54, 1.807) is 0 Å². The van der Waals surface area contributed by atoms with Crippen LogP contribution in [0.1, 0.15) is 56.3 Å². The van der Waals surface area contributed by atoms with Crippen molar-refractivity contribution in [2.24, 2.45) is 0 Å². The Bertz CT molecular complexity index is 828. The average molecular weight is 367 g/mol. The first-order valence-electron chi connectivity index (χ1n) is 9.61. The molecule has 0 radical (unpaired) electrons. The summed E-state index contributed by atoms with van der Waals surface area (Å²) in [4.78, 5) is 13.0. The van der Waals surface area contributed by atoms with Gasteiger partial charge in [-0.05, 0) is 57.4 Å². The van der Waals surface area contributed by atoms with E-state index in [1.165, 1.54) is 0 Å². The molecular formula is C23H29NO3. The van der Waals surface area contributed by atoms with Crippen LogP contribution in [0.3, 0.4) is 0 Å². The third kappa shape index (κ3) is 4.44. The van der Waals surface area contributed by atoms with E-state index in [1.807, 2.05) is 57.2 Å². The molecule has 2 unspecified atom stereocenters. The summed E-state index contributed by atoms with van der Waals surface area (Å²) >= 11 is 0. The molecule has 0 saturated carbocycles. The van der Waals surface area contributed by atoms with Crippen molar-refractivity contribution in [2.45, 2.75) is 65.2 Å². The second-order valence-corrected chi connectivity index (χ2v) is 7.95. The van der Waals surface area contributed by atoms with Gasteiger partial charge >= 0.3 is 0 Å². The quantitative estimate of drug-likeness (QED) is 0.819. The fourth-order valence-electron chi connectivity index (χ4n) is 3.52. The van der Waals surface area contributed by atoms with Crippen LogP contribution in [-0.2, 0) is 4.79 Å². The van der Waals surface area contributed by atoms with Crippen LogP contribution in [0.2, 0.25) is 0 Å². The minimum atomic E-state index is -0.522. The van der Waals surface area contributed by atoms with E-state index in [0.29, 0.717) is 6.42 Å². The molecule has 0 bridgehead atoms. The number of nitrogens with one attached hydrogen (secondary N) is 1. The van der Waals surface area contributed by atoms with Crippen LogP contribution in [0.25, 0.3) is 0 Å². The zero-order valence-corrected chi connectivity index (χ0v) is 16.8. The van der Waals surface area contributed by atoms with E-state index in [2.05, 4.69) is 25.2 Å². The van der Waals surface area contributed by atoms with Crippen LogP contribution in [-0.4, -0.2) is 17.6 Å². The summed E-state index contributed by atoms with van der Waals surface area (Å²) in [6.45, 7) is 10.1. The van der Waals surface area contributed by atoms with Crippen LogP contribution in [0.5, 0.6) is 11.5 Å². The molecule has 1 N–H and O–H groups in total. The molecular weight excluding hydrogens is 338 g/mol. The first kappa shape index (κ1) is 19.3. The van der Waals surface area contributed by atoms with Crippen LogP contribution in [0, 0.1) is 13.8 Å². The van der Waals surface area contributed by atoms with Gasteiger partial charge in [-0.3, -0.25) is 4.79 Å². The summed E-state index contributed by atoms with van der Waals surface area (Å²) in [5, 5.41) is 3.20. The average Bonchev–Trinajstić information content (AvgIpc) is 2.59. The second kappa shape index (κ2) is 7.63. The largest absolute Gasteiger partial charge is 0.487 e. The monoisotopic (exact) mass is 367 g/mol. The Morgan fingerprint density at radius 1 is 1.26 bits per heavy atom. The molecule has 0 aromatic heterocycles. The Balaban J connectivity index is 1.79. The predicted molar refractivity (Wildman–Crippen MR) is 107 cm³/mol. The molecule has 3 rings (SSSR count). The van der Waals surface area contributed by atoms with Crippen molar-refractivity contribution in [1.82, 2.24) is 5.32 Å². The highest BCUT2D eigenvalue weighted by atomic mass is 16.5. The summed E-state index contributed by atoms with van der Waals surface area (Å²) < 4.78 is 12.1. The molecule has 144 valence electrons. The Hall–Kier alpha value is -2.49. The van der Waals surface area contributed by atoms with Gasteiger partial charge in [0.15, 0.2) is 6.10 Å². The number of benzene rings is 2. The third-order valence-corrected chi connectivity index (χ3v) is 4.97. The number of fused-ring (bicyclic) bond motifs is 1. The molecule has 0 saturated heterocycles. The van der Waals surface area contributed by atoms with Gasteiger partial charge in [0.2, 0.25) is 0 Å². The van der Waals surface area contributed by atoms with E-state index in [0.717, 1.165) is 34.6 Å². The van der Waals surface area contributed by atoms with Crippen LogP contribution in [0.15, 0.2) is 42.5 Å². The van der Waals surface area contributed by atoms with Gasteiger partial charge in [0, 0.05) is 12.0 Å². The van der Waals surface area contributed by atoms with Crippen LogP contribution >= 0.6 is 0 Å². The lowest BCUT2D eigenvalue weighted by atomic mass is 9.89. The summed E-state index contributed by atoms with van der Waals surface area (Å²) in [6.07, 6.45) is 0.800. The maximum Gasteiger partial charge on any atom is 0.261 e. The Labute approximate surface area is 161 Å². The second-order valence-electron chi connectivity index (χ2n) is 7.95. The minimum absolute atomic E-state index is 0.0880. The van der Waals surface area contributed by atoms with Gasteiger partial charge in [0.25, 0.3) is 5.91 Å². The van der Waals surface area contributed by atoms with Gasteiger partial charge in [0.1, 0.15) is 17.1 Å². The highest BCUT2D eigenvalue weighted by Gasteiger charge is 2.35. The maximum atomic E-state index is 13.0. The fraction of sp³-hybridized carbons (Fsp3) is 0.435. The summed E-state index contributed by atoms with van der Waals surface area (Å²) in [5.74, 6) is 1.52. The van der Waals surface area contributed by atoms with Crippen molar-refractivity contribution < 1.29 is 14.3 Å². The maximum absolute atomic E-state index is 13.0. The van der Waals surface area contributed by atoms with Gasteiger partial charge in [-0.2, -0.15) is 0 Å². The molecule has 1 heterocycles. The number of aryl methyl sites for hydroxylation is 2. The number of amides is 1. The predicted octanol–water partition coefficient (Wildman–Crippen LogP) is 4.88. The summed E-state index contributed by atoms with van der Waals surface area (Å²) in [7, 11) is 0. The Morgan fingerprint density at radius 2 is 2.00 bits per heavy atom. The number of hydrogen-bond donors (Lipinski definition) is 1. The van der Waals surface area contributed by atoms with Crippen LogP contribution in [0.4, 0.5) is 0 Å². The number of hydrogen-bond acceptors (Lipinski definition) is 3. The summed E-state index contributed by atoms with van der Waals surface area (Å²) in [6, 6.07) is 13.8. The number of ether oxygens (including phenoxy) is 2. The zero-order valence-electron chi connectivity index (χ0n) is 16.8. The lowest BCUT2D eigenvalue weighted by Crippen LogP contribution is -2.45. The zero-order chi connectivity index (χ0) is 19.6. The first-order valence-corrected chi connectivity index (χ1v) is 9.61. The number of carbonyl (C=O) groups is 1. The smallest absolute Gasteiger partial charge is 0.261 e. The number of carbonyl (C=O) groups excluding carboxylic acids is 1. The highest BCUT2D eigenvalue weighted by Crippen LogP contribution is 2.40. The van der Waals surface area contributed by atoms with Gasteiger partial charge in [-0.15, -0.1) is 0 Å². The molecule has 1 aliphatic heterocycles. The molecule has 2 aromatic carbocycles. The highest BCUT2D eigenvalue weighted by molar-refractivity contribution is 5.81. The standard InChI is InChI=1S/C23H29NO3/c1-6-19(26-20-10-8-7-9-16(20)3)22(25)24-18-14-23(4,5)27-21-13-15(2)11-12-17(18)21/h7-13,18-19H,6,14H2,1-5H3,(H,24,25). The van der Waals surface area contributed by atoms with Crippen molar-refractivity contribution in [1.29, 1.82) is 0 Å². The van der Waals surface area contributed by atoms with E-state index in [9.17, 15) is 4.79 Å². The Morgan fingerprint density at radius 3 is 2.70 bits per heavy atom. The lowest BCUT2D eigenvalue weighted by Gasteiger charge is -2.38. The summed E-state index contributed by atoms with van der Waals surface area (Å²) in [5.41, 5.74) is 2.86. The molecule has 4 heteroatoms. The molecule has 0 fully saturated rings. The Kier molecular flexibility index (Phi) is 5.45. The van der Waals surface area contributed by atoms with Crippen molar-refractivity contribution in [3.05, 3.63) is 59.2 Å². The first-order chi connectivity index (χ1) is 12.8. The van der Waals surface area contributed by atoms with E-state index in [4.69, 9.17) is 9.47 Å². The van der Waals surface area contributed by atoms with Gasteiger partial charge < -0.3 is 14.8 Å². The molecule has 2 aromatic rings. The van der Waals surface area contributed by atoms with E-state index >= 15 is 0 Å².